The lowest BCUT2D eigenvalue weighted by Gasteiger charge is -2.27. The van der Waals surface area contributed by atoms with Gasteiger partial charge < -0.3 is 15.7 Å². The molecule has 0 bridgehead atoms. The van der Waals surface area contributed by atoms with E-state index in [1.165, 1.54) is 17.8 Å². The summed E-state index contributed by atoms with van der Waals surface area (Å²) in [6, 6.07) is 0.194. The Morgan fingerprint density at radius 2 is 1.54 bits per heavy atom. The number of carbonyl (C=O) groups is 3. The summed E-state index contributed by atoms with van der Waals surface area (Å²) in [5, 5.41) is 16.0. The molecule has 0 spiro atoms. The average molecular weight is 407 g/mol. The summed E-state index contributed by atoms with van der Waals surface area (Å²) in [4.78, 5) is 38.3. The first-order valence-corrected chi connectivity index (χ1v) is 11.1. The van der Waals surface area contributed by atoms with Crippen LogP contribution in [0.1, 0.15) is 78.6 Å². The van der Waals surface area contributed by atoms with E-state index in [2.05, 4.69) is 10.6 Å². The van der Waals surface area contributed by atoms with Gasteiger partial charge in [-0.05, 0) is 45.1 Å². The summed E-state index contributed by atoms with van der Waals surface area (Å²) in [5.74, 6) is -2.50. The van der Waals surface area contributed by atoms with Crippen LogP contribution in [0.15, 0.2) is 0 Å². The van der Waals surface area contributed by atoms with Gasteiger partial charge in [0.1, 0.15) is 5.00 Å². The lowest BCUT2D eigenvalue weighted by atomic mass is 9.79. The zero-order valence-electron chi connectivity index (χ0n) is 16.7. The van der Waals surface area contributed by atoms with Crippen LogP contribution in [0.25, 0.3) is 0 Å². The molecule has 2 fully saturated rings. The van der Waals surface area contributed by atoms with Gasteiger partial charge in [0.2, 0.25) is 5.91 Å². The fraction of sp³-hybridized carbons (Fsp3) is 0.667. The van der Waals surface area contributed by atoms with Crippen LogP contribution in [0.4, 0.5) is 5.00 Å². The van der Waals surface area contributed by atoms with Gasteiger partial charge in [0.15, 0.2) is 0 Å². The quantitative estimate of drug-likeness (QED) is 0.681. The summed E-state index contributed by atoms with van der Waals surface area (Å²) in [7, 11) is 0. The molecule has 3 N–H and O–H groups in total. The van der Waals surface area contributed by atoms with Crippen molar-refractivity contribution >= 4 is 34.1 Å². The van der Waals surface area contributed by atoms with Crippen LogP contribution in [-0.4, -0.2) is 28.9 Å². The van der Waals surface area contributed by atoms with E-state index in [4.69, 9.17) is 0 Å². The Labute approximate surface area is 170 Å². The molecule has 154 valence electrons. The van der Waals surface area contributed by atoms with E-state index in [1.807, 2.05) is 13.8 Å². The molecule has 0 unspecified atom stereocenters. The van der Waals surface area contributed by atoms with Crippen molar-refractivity contribution in [2.24, 2.45) is 11.8 Å². The third kappa shape index (κ3) is 4.57. The van der Waals surface area contributed by atoms with Crippen molar-refractivity contribution in [2.75, 3.05) is 5.32 Å². The van der Waals surface area contributed by atoms with E-state index >= 15 is 0 Å². The fourth-order valence-corrected chi connectivity index (χ4v) is 5.50. The molecule has 6 nitrogen and oxygen atoms in total. The van der Waals surface area contributed by atoms with Gasteiger partial charge in [-0.25, -0.2) is 0 Å². The van der Waals surface area contributed by atoms with Crippen molar-refractivity contribution in [1.82, 2.24) is 5.32 Å². The van der Waals surface area contributed by atoms with Gasteiger partial charge in [0.05, 0.1) is 17.4 Å². The van der Waals surface area contributed by atoms with Crippen LogP contribution >= 0.6 is 11.3 Å². The van der Waals surface area contributed by atoms with E-state index in [-0.39, 0.29) is 17.9 Å². The molecule has 2 atom stereocenters. The van der Waals surface area contributed by atoms with Gasteiger partial charge in [0, 0.05) is 10.9 Å². The first-order chi connectivity index (χ1) is 13.4. The van der Waals surface area contributed by atoms with E-state index in [0.717, 1.165) is 49.0 Å². The van der Waals surface area contributed by atoms with Gasteiger partial charge in [-0.1, -0.05) is 32.1 Å². The van der Waals surface area contributed by atoms with Gasteiger partial charge in [-0.15, -0.1) is 11.3 Å². The molecule has 3 rings (SSSR count). The summed E-state index contributed by atoms with van der Waals surface area (Å²) in [5.41, 5.74) is 1.41. The van der Waals surface area contributed by atoms with Crippen molar-refractivity contribution in [3.05, 3.63) is 16.0 Å². The number of hydrogen-bond donors (Lipinski definition) is 3. The molecule has 2 saturated carbocycles. The van der Waals surface area contributed by atoms with Crippen LogP contribution in [0, 0.1) is 25.7 Å². The second kappa shape index (κ2) is 9.07. The molecule has 7 heteroatoms. The van der Waals surface area contributed by atoms with Crippen molar-refractivity contribution < 1.29 is 19.5 Å². The van der Waals surface area contributed by atoms with Gasteiger partial charge in [-0.2, -0.15) is 0 Å². The Morgan fingerprint density at radius 3 is 2.18 bits per heavy atom. The average Bonchev–Trinajstić information content (AvgIpc) is 2.96. The number of aliphatic carboxylic acids is 1. The molecule has 1 aromatic heterocycles. The Kier molecular flexibility index (Phi) is 6.75. The highest BCUT2D eigenvalue weighted by molar-refractivity contribution is 7.16. The molecule has 0 aromatic carbocycles. The molecule has 0 saturated heterocycles. The molecule has 2 aliphatic carbocycles. The molecule has 2 aliphatic rings. The summed E-state index contributed by atoms with van der Waals surface area (Å²) >= 11 is 1.39. The number of amides is 2. The minimum atomic E-state index is -0.909. The highest BCUT2D eigenvalue weighted by Gasteiger charge is 2.36. The van der Waals surface area contributed by atoms with Gasteiger partial charge in [0.25, 0.3) is 5.91 Å². The fourth-order valence-electron chi connectivity index (χ4n) is 4.44. The van der Waals surface area contributed by atoms with Crippen LogP contribution in [-0.2, 0) is 9.59 Å². The Bertz CT molecular complexity index is 752. The summed E-state index contributed by atoms with van der Waals surface area (Å²) in [6.45, 7) is 3.84. The van der Waals surface area contributed by atoms with E-state index in [1.54, 1.807) is 0 Å². The molecular weight excluding hydrogens is 376 g/mol. The zero-order valence-corrected chi connectivity index (χ0v) is 17.5. The molecule has 0 radical (unpaired) electrons. The predicted molar refractivity (Wildman–Crippen MR) is 110 cm³/mol. The first kappa shape index (κ1) is 20.8. The van der Waals surface area contributed by atoms with Crippen molar-refractivity contribution in [3.63, 3.8) is 0 Å². The van der Waals surface area contributed by atoms with Gasteiger partial charge >= 0.3 is 5.97 Å². The molecule has 28 heavy (non-hydrogen) atoms. The molecular formula is C21H30N2O4S. The van der Waals surface area contributed by atoms with E-state index in [0.29, 0.717) is 23.4 Å². The first-order valence-electron chi connectivity index (χ1n) is 10.3. The second-order valence-electron chi connectivity index (χ2n) is 8.12. The summed E-state index contributed by atoms with van der Waals surface area (Å²) in [6.07, 6.45) is 8.29. The van der Waals surface area contributed by atoms with Crippen LogP contribution in [0.5, 0.6) is 0 Å². The SMILES string of the molecule is Cc1sc(NC(=O)[C@H]2CCCC[C@@H]2C(=O)O)c(C(=O)NC2CCCCC2)c1C. The Hall–Kier alpha value is -1.89. The van der Waals surface area contributed by atoms with E-state index < -0.39 is 17.8 Å². The minimum absolute atomic E-state index is 0.137. The Balaban J connectivity index is 1.76. The van der Waals surface area contributed by atoms with Crippen molar-refractivity contribution in [3.8, 4) is 0 Å². The number of hydrogen-bond acceptors (Lipinski definition) is 4. The third-order valence-corrected chi connectivity index (χ3v) is 7.33. The lowest BCUT2D eigenvalue weighted by Crippen LogP contribution is -2.38. The van der Waals surface area contributed by atoms with Crippen molar-refractivity contribution in [2.45, 2.75) is 77.7 Å². The van der Waals surface area contributed by atoms with Crippen molar-refractivity contribution in [1.29, 1.82) is 0 Å². The number of rotatable bonds is 5. The number of thiophene rings is 1. The molecule has 2 amide bonds. The minimum Gasteiger partial charge on any atom is -0.481 e. The maximum Gasteiger partial charge on any atom is 0.307 e. The number of carboxylic acids is 1. The largest absolute Gasteiger partial charge is 0.481 e. The number of anilines is 1. The molecule has 1 heterocycles. The maximum absolute atomic E-state index is 12.9. The Morgan fingerprint density at radius 1 is 0.929 bits per heavy atom. The third-order valence-electron chi connectivity index (χ3n) is 6.21. The number of carbonyl (C=O) groups excluding carboxylic acids is 2. The highest BCUT2D eigenvalue weighted by Crippen LogP contribution is 2.36. The van der Waals surface area contributed by atoms with Crippen LogP contribution in [0.2, 0.25) is 0 Å². The van der Waals surface area contributed by atoms with E-state index in [9.17, 15) is 19.5 Å². The topological polar surface area (TPSA) is 95.5 Å². The normalized spacial score (nSPS) is 23.2. The summed E-state index contributed by atoms with van der Waals surface area (Å²) < 4.78 is 0. The lowest BCUT2D eigenvalue weighted by molar-refractivity contribution is -0.147. The predicted octanol–water partition coefficient (Wildman–Crippen LogP) is 4.26. The standard InChI is InChI=1S/C21H30N2O4S/c1-12-13(2)28-20(17(12)19(25)22-14-8-4-3-5-9-14)23-18(24)15-10-6-7-11-16(15)21(26)27/h14-16H,3-11H2,1-2H3,(H,22,25)(H,23,24)(H,26,27)/t15-,16-/m0/s1. The number of nitrogens with one attached hydrogen (secondary N) is 2. The highest BCUT2D eigenvalue weighted by atomic mass is 32.1. The second-order valence-corrected chi connectivity index (χ2v) is 9.35. The maximum atomic E-state index is 12.9. The molecule has 1 aromatic rings. The monoisotopic (exact) mass is 406 g/mol. The van der Waals surface area contributed by atoms with Crippen LogP contribution in [0.3, 0.4) is 0 Å². The smallest absolute Gasteiger partial charge is 0.307 e. The zero-order chi connectivity index (χ0) is 20.3. The van der Waals surface area contributed by atoms with Gasteiger partial charge in [-0.3, -0.25) is 14.4 Å². The number of aryl methyl sites for hydroxylation is 1. The molecule has 0 aliphatic heterocycles. The van der Waals surface area contributed by atoms with Crippen LogP contribution < -0.4 is 10.6 Å². The number of carboxylic acid groups (broad SMARTS) is 1.